The van der Waals surface area contributed by atoms with Crippen molar-refractivity contribution in [1.29, 1.82) is 0 Å². The van der Waals surface area contributed by atoms with Crippen LogP contribution in [0, 0.1) is 0 Å². The van der Waals surface area contributed by atoms with E-state index in [0.717, 1.165) is 116 Å². The fraction of sp³-hybridized carbons (Fsp3) is 0.679. The third kappa shape index (κ3) is 71.6. The van der Waals surface area contributed by atoms with Crippen LogP contribution in [0.3, 0.4) is 0 Å². The Hall–Kier alpha value is -4.80. The van der Waals surface area contributed by atoms with Crippen LogP contribution in [-0.4, -0.2) is 96.7 Å². The topological polar surface area (TPSA) is 237 Å². The summed E-state index contributed by atoms with van der Waals surface area (Å²) in [5.41, 5.74) is 0. The first-order chi connectivity index (χ1) is 48.7. The lowest BCUT2D eigenvalue weighted by Gasteiger charge is -2.21. The van der Waals surface area contributed by atoms with Crippen LogP contribution < -0.4 is 0 Å². The van der Waals surface area contributed by atoms with E-state index < -0.39 is 97.5 Å². The summed E-state index contributed by atoms with van der Waals surface area (Å²) in [5.74, 6) is -2.34. The number of hydrogen-bond donors (Lipinski definition) is 3. The lowest BCUT2D eigenvalue weighted by molar-refractivity contribution is -0.161. The number of aliphatic hydroxyl groups excluding tert-OH is 1. The average molecular weight is 1440 g/mol. The summed E-state index contributed by atoms with van der Waals surface area (Å²) in [6.07, 6.45) is 80.4. The zero-order chi connectivity index (χ0) is 73.2. The van der Waals surface area contributed by atoms with Gasteiger partial charge in [0.2, 0.25) is 0 Å². The Morgan fingerprint density at radius 1 is 0.290 bits per heavy atom. The Morgan fingerprint density at radius 3 is 0.850 bits per heavy atom. The molecule has 0 aliphatic rings. The summed E-state index contributed by atoms with van der Waals surface area (Å²) >= 11 is 0. The molecule has 0 bridgehead atoms. The standard InChI is InChI=1S/C81H136O17P2/c1-5-9-13-17-21-25-29-32-34-36-37-39-41-44-47-50-54-58-62-66-78(83)91-71-76(97-80(85)67-63-59-55-51-45-28-24-20-16-12-8-4)73-95-99(87,88)93-69-75(82)70-94-100(89,90)96-74-77(98-81(86)68-64-60-56-52-48-42-31-27-23-19-15-11-7-3)72-92-79(84)65-61-57-53-49-46-43-40-38-35-33-30-26-22-18-14-10-6-2/h9-10,13-14,21-22,25-26,32-35,37,39-40,43-44,47,49,53-54,58,75-77,82H,5-8,11-12,15-20,23-24,27-31,36,38,41-42,45-46,48,50-52,55-57,59-74H2,1-4H3,(H,87,88)(H,89,90)/b13-9-,14-10-,25-21-,26-22-,34-32-,35-33-,39-37-,43-40-,47-44-,53-49-,58-54-. The van der Waals surface area contributed by atoms with Crippen molar-refractivity contribution in [3.63, 3.8) is 0 Å². The van der Waals surface area contributed by atoms with Crippen molar-refractivity contribution in [1.82, 2.24) is 0 Å². The van der Waals surface area contributed by atoms with Gasteiger partial charge < -0.3 is 33.8 Å². The van der Waals surface area contributed by atoms with Gasteiger partial charge in [0.25, 0.3) is 0 Å². The lowest BCUT2D eigenvalue weighted by atomic mass is 10.0. The van der Waals surface area contributed by atoms with Gasteiger partial charge in [-0.05, 0) is 103 Å². The second kappa shape index (κ2) is 72.5. The number of allylic oxidation sites excluding steroid dienone is 22. The minimum absolute atomic E-state index is 0.0345. The first kappa shape index (κ1) is 95.2. The molecule has 19 heteroatoms. The van der Waals surface area contributed by atoms with E-state index in [-0.39, 0.29) is 25.7 Å². The van der Waals surface area contributed by atoms with Gasteiger partial charge in [0, 0.05) is 25.7 Å². The monoisotopic (exact) mass is 1440 g/mol. The Kier molecular flexibility index (Phi) is 69.1. The van der Waals surface area contributed by atoms with Crippen molar-refractivity contribution in [3.05, 3.63) is 134 Å². The number of ether oxygens (including phenoxy) is 4. The highest BCUT2D eigenvalue weighted by Crippen LogP contribution is 2.45. The van der Waals surface area contributed by atoms with Gasteiger partial charge in [0.05, 0.1) is 26.4 Å². The maximum atomic E-state index is 13.1. The SMILES string of the molecule is CC/C=C\C/C=C\C/C=C\C/C=C\C/C=C\C/C=C\CCC(=O)OCC(COP(=O)(O)OCC(O)COP(=O)(O)OCC(COC(=O)CCC/C=C\C/C=C\C/C=C\C/C=C\C/C=C\CC)OC(=O)CCCCCCCCCCCCCCC)OC(=O)CCCCCCCCCCCCC. The van der Waals surface area contributed by atoms with E-state index >= 15 is 0 Å². The molecule has 0 aromatic rings. The molecule has 5 unspecified atom stereocenters. The Labute approximate surface area is 605 Å². The molecular formula is C81H136O17P2. The molecule has 0 spiro atoms. The summed E-state index contributed by atoms with van der Waals surface area (Å²) < 4.78 is 68.3. The number of aliphatic hydroxyl groups is 1. The van der Waals surface area contributed by atoms with Gasteiger partial charge in [-0.3, -0.25) is 37.3 Å². The van der Waals surface area contributed by atoms with E-state index in [0.29, 0.717) is 38.5 Å². The number of rotatable bonds is 71. The molecule has 0 amide bonds. The predicted molar refractivity (Wildman–Crippen MR) is 408 cm³/mol. The molecule has 0 fully saturated rings. The van der Waals surface area contributed by atoms with Gasteiger partial charge in [-0.25, -0.2) is 9.13 Å². The van der Waals surface area contributed by atoms with Crippen LogP contribution >= 0.6 is 15.6 Å². The normalized spacial score (nSPS) is 14.7. The minimum atomic E-state index is -4.99. The Balaban J connectivity index is 5.41. The molecular weight excluding hydrogens is 1310 g/mol. The molecule has 0 saturated heterocycles. The van der Waals surface area contributed by atoms with Gasteiger partial charge in [-0.2, -0.15) is 0 Å². The van der Waals surface area contributed by atoms with Crippen LogP contribution in [0.1, 0.15) is 297 Å². The zero-order valence-electron chi connectivity index (χ0n) is 62.3. The third-order valence-electron chi connectivity index (χ3n) is 15.7. The number of phosphoric acid groups is 2. The summed E-state index contributed by atoms with van der Waals surface area (Å²) in [7, 11) is -9.98. The molecule has 0 heterocycles. The molecule has 0 saturated carbocycles. The first-order valence-electron chi connectivity index (χ1n) is 38.4. The molecule has 100 heavy (non-hydrogen) atoms. The van der Waals surface area contributed by atoms with Crippen LogP contribution in [0.2, 0.25) is 0 Å². The number of unbranched alkanes of at least 4 members (excludes halogenated alkanes) is 23. The molecule has 0 aliphatic heterocycles. The predicted octanol–water partition coefficient (Wildman–Crippen LogP) is 22.1. The molecule has 572 valence electrons. The van der Waals surface area contributed by atoms with Crippen LogP contribution in [-0.2, 0) is 65.4 Å². The molecule has 0 aliphatic carbocycles. The molecule has 0 radical (unpaired) electrons. The highest BCUT2D eigenvalue weighted by atomic mass is 31.2. The quantitative estimate of drug-likeness (QED) is 0.0169. The maximum Gasteiger partial charge on any atom is 0.472 e. The van der Waals surface area contributed by atoms with E-state index in [1.54, 1.807) is 0 Å². The third-order valence-corrected chi connectivity index (χ3v) is 17.6. The van der Waals surface area contributed by atoms with E-state index in [4.69, 9.17) is 37.0 Å². The highest BCUT2D eigenvalue weighted by Gasteiger charge is 2.30. The maximum absolute atomic E-state index is 13.1. The Morgan fingerprint density at radius 2 is 0.540 bits per heavy atom. The highest BCUT2D eigenvalue weighted by molar-refractivity contribution is 7.47. The van der Waals surface area contributed by atoms with E-state index in [1.807, 2.05) is 30.4 Å². The van der Waals surface area contributed by atoms with Crippen LogP contribution in [0.5, 0.6) is 0 Å². The van der Waals surface area contributed by atoms with Gasteiger partial charge >= 0.3 is 39.5 Å². The second-order valence-corrected chi connectivity index (χ2v) is 28.1. The Bertz CT molecular complexity index is 2420. The largest absolute Gasteiger partial charge is 0.472 e. The molecule has 0 aromatic carbocycles. The van der Waals surface area contributed by atoms with Crippen molar-refractivity contribution in [2.45, 2.75) is 316 Å². The van der Waals surface area contributed by atoms with Crippen molar-refractivity contribution in [2.24, 2.45) is 0 Å². The van der Waals surface area contributed by atoms with Gasteiger partial charge in [-0.15, -0.1) is 0 Å². The van der Waals surface area contributed by atoms with Crippen LogP contribution in [0.25, 0.3) is 0 Å². The zero-order valence-corrected chi connectivity index (χ0v) is 64.1. The molecule has 0 aromatic heterocycles. The fourth-order valence-electron chi connectivity index (χ4n) is 9.87. The second-order valence-electron chi connectivity index (χ2n) is 25.2. The van der Waals surface area contributed by atoms with E-state index in [9.17, 15) is 43.2 Å². The number of carbonyl (C=O) groups excluding carboxylic acids is 4. The smallest absolute Gasteiger partial charge is 0.462 e. The fourth-order valence-corrected chi connectivity index (χ4v) is 11.4. The first-order valence-corrected chi connectivity index (χ1v) is 41.4. The summed E-state index contributed by atoms with van der Waals surface area (Å²) in [6, 6.07) is 0. The van der Waals surface area contributed by atoms with Gasteiger partial charge in [-0.1, -0.05) is 303 Å². The van der Waals surface area contributed by atoms with Crippen molar-refractivity contribution in [2.75, 3.05) is 39.6 Å². The molecule has 3 N–H and O–H groups in total. The summed E-state index contributed by atoms with van der Waals surface area (Å²) in [5, 5.41) is 10.6. The average Bonchev–Trinajstić information content (AvgIpc) is 1.02. The molecule has 0 rings (SSSR count). The van der Waals surface area contributed by atoms with Crippen LogP contribution in [0.15, 0.2) is 134 Å². The van der Waals surface area contributed by atoms with Crippen LogP contribution in [0.4, 0.5) is 0 Å². The van der Waals surface area contributed by atoms with Crippen molar-refractivity contribution in [3.8, 4) is 0 Å². The number of carbonyl (C=O) groups is 4. The lowest BCUT2D eigenvalue weighted by Crippen LogP contribution is -2.30. The molecule has 17 nitrogen and oxygen atoms in total. The number of phosphoric ester groups is 2. The van der Waals surface area contributed by atoms with Crippen molar-refractivity contribution < 1.29 is 80.2 Å². The summed E-state index contributed by atoms with van der Waals surface area (Å²) in [4.78, 5) is 72.8. The van der Waals surface area contributed by atoms with Gasteiger partial charge in [0.1, 0.15) is 19.3 Å². The van der Waals surface area contributed by atoms with E-state index in [1.165, 1.54) is 89.9 Å². The molecule has 5 atom stereocenters. The number of hydrogen-bond acceptors (Lipinski definition) is 15. The minimum Gasteiger partial charge on any atom is -0.462 e. The summed E-state index contributed by atoms with van der Waals surface area (Å²) in [6.45, 7) is 4.49. The number of esters is 4. The van der Waals surface area contributed by atoms with E-state index in [2.05, 4.69) is 131 Å². The van der Waals surface area contributed by atoms with Gasteiger partial charge in [0.15, 0.2) is 12.2 Å². The van der Waals surface area contributed by atoms with Crippen molar-refractivity contribution >= 4 is 39.5 Å².